The molecule has 0 bridgehead atoms. The summed E-state index contributed by atoms with van der Waals surface area (Å²) in [6.07, 6.45) is 6.90. The number of hydrogen-bond donors (Lipinski definition) is 1. The van der Waals surface area contributed by atoms with Crippen molar-refractivity contribution in [3.8, 4) is 5.75 Å². The number of nitrogens with zero attached hydrogens (tertiary/aromatic N) is 1. The third-order valence-corrected chi connectivity index (χ3v) is 3.34. The van der Waals surface area contributed by atoms with Gasteiger partial charge in [0.2, 0.25) is 0 Å². The molecule has 0 saturated carbocycles. The second-order valence-electron chi connectivity index (χ2n) is 5.14. The van der Waals surface area contributed by atoms with E-state index in [2.05, 4.69) is 37.1 Å². The van der Waals surface area contributed by atoms with Gasteiger partial charge in [-0.2, -0.15) is 0 Å². The van der Waals surface area contributed by atoms with E-state index in [1.54, 1.807) is 6.20 Å². The van der Waals surface area contributed by atoms with Gasteiger partial charge in [0.05, 0.1) is 24.9 Å². The minimum Gasteiger partial charge on any atom is -0.492 e. The lowest BCUT2D eigenvalue weighted by atomic mass is 10.0. The molecule has 0 aliphatic carbocycles. The lowest BCUT2D eigenvalue weighted by Crippen LogP contribution is -2.34. The number of hydrogen-bond acceptors (Lipinski definition) is 4. The number of ether oxygens (including phenoxy) is 2. The van der Waals surface area contributed by atoms with Crippen LogP contribution in [0.25, 0.3) is 0 Å². The zero-order chi connectivity index (χ0) is 15.5. The minimum atomic E-state index is 0.157. The van der Waals surface area contributed by atoms with Crippen LogP contribution in [-0.4, -0.2) is 30.8 Å². The fourth-order valence-corrected chi connectivity index (χ4v) is 2.33. The molecule has 1 heterocycles. The van der Waals surface area contributed by atoms with Crippen molar-refractivity contribution in [1.82, 2.24) is 10.3 Å². The molecule has 120 valence electrons. The molecule has 2 unspecified atom stereocenters. The van der Waals surface area contributed by atoms with E-state index in [9.17, 15) is 0 Å². The minimum absolute atomic E-state index is 0.157. The van der Waals surface area contributed by atoms with Crippen molar-refractivity contribution in [2.24, 2.45) is 0 Å². The van der Waals surface area contributed by atoms with Gasteiger partial charge in [0.25, 0.3) is 0 Å². The molecular formula is C17H30N2O2. The summed E-state index contributed by atoms with van der Waals surface area (Å²) in [5.74, 6) is 0.837. The van der Waals surface area contributed by atoms with Gasteiger partial charge in [-0.15, -0.1) is 0 Å². The van der Waals surface area contributed by atoms with Crippen molar-refractivity contribution in [3.63, 3.8) is 0 Å². The number of aromatic nitrogens is 1. The maximum Gasteiger partial charge on any atom is 0.137 e. The van der Waals surface area contributed by atoms with Gasteiger partial charge in [0, 0.05) is 12.8 Å². The first-order valence-corrected chi connectivity index (χ1v) is 8.19. The third-order valence-electron chi connectivity index (χ3n) is 3.34. The number of nitrogens with one attached hydrogen (secondary N) is 1. The summed E-state index contributed by atoms with van der Waals surface area (Å²) >= 11 is 0. The van der Waals surface area contributed by atoms with E-state index in [1.165, 1.54) is 0 Å². The molecule has 1 N–H and O–H groups in total. The largest absolute Gasteiger partial charge is 0.492 e. The Morgan fingerprint density at radius 1 is 1.14 bits per heavy atom. The van der Waals surface area contributed by atoms with Gasteiger partial charge in [-0.05, 0) is 44.4 Å². The number of rotatable bonds is 11. The van der Waals surface area contributed by atoms with E-state index in [0.717, 1.165) is 50.3 Å². The average Bonchev–Trinajstić information content (AvgIpc) is 2.52. The van der Waals surface area contributed by atoms with Gasteiger partial charge in [0.1, 0.15) is 5.75 Å². The van der Waals surface area contributed by atoms with E-state index >= 15 is 0 Å². The van der Waals surface area contributed by atoms with Gasteiger partial charge in [-0.25, -0.2) is 0 Å². The van der Waals surface area contributed by atoms with E-state index in [4.69, 9.17) is 9.47 Å². The molecule has 4 nitrogen and oxygen atoms in total. The lowest BCUT2D eigenvalue weighted by Gasteiger charge is -2.27. The molecule has 1 rings (SSSR count). The van der Waals surface area contributed by atoms with Crippen LogP contribution in [0, 0.1) is 0 Å². The fraction of sp³-hybridized carbons (Fsp3) is 0.706. The van der Waals surface area contributed by atoms with E-state index in [0.29, 0.717) is 0 Å². The molecule has 0 aromatic carbocycles. The SMILES string of the molecule is CCCNC(c1cncc(OCCC)c1)C(CC)OCC. The van der Waals surface area contributed by atoms with Crippen LogP contribution < -0.4 is 10.1 Å². The van der Waals surface area contributed by atoms with Gasteiger partial charge in [-0.1, -0.05) is 20.8 Å². The van der Waals surface area contributed by atoms with Crippen molar-refractivity contribution in [3.05, 3.63) is 24.0 Å². The summed E-state index contributed by atoms with van der Waals surface area (Å²) in [7, 11) is 0. The Morgan fingerprint density at radius 2 is 1.95 bits per heavy atom. The van der Waals surface area contributed by atoms with Crippen LogP contribution >= 0.6 is 0 Å². The first-order valence-electron chi connectivity index (χ1n) is 8.19. The van der Waals surface area contributed by atoms with Crippen LogP contribution in [0.4, 0.5) is 0 Å². The van der Waals surface area contributed by atoms with Crippen LogP contribution in [-0.2, 0) is 4.74 Å². The summed E-state index contributed by atoms with van der Waals surface area (Å²) < 4.78 is 11.6. The molecule has 2 atom stereocenters. The Labute approximate surface area is 129 Å². The summed E-state index contributed by atoms with van der Waals surface area (Å²) in [4.78, 5) is 4.32. The van der Waals surface area contributed by atoms with Crippen molar-refractivity contribution >= 4 is 0 Å². The van der Waals surface area contributed by atoms with Gasteiger partial charge >= 0.3 is 0 Å². The maximum atomic E-state index is 5.89. The predicted octanol–water partition coefficient (Wildman–Crippen LogP) is 3.73. The zero-order valence-electron chi connectivity index (χ0n) is 13.9. The summed E-state index contributed by atoms with van der Waals surface area (Å²) in [6.45, 7) is 10.9. The van der Waals surface area contributed by atoms with Gasteiger partial charge in [0.15, 0.2) is 0 Å². The van der Waals surface area contributed by atoms with Gasteiger partial charge in [-0.3, -0.25) is 4.98 Å². The van der Waals surface area contributed by atoms with Crippen molar-refractivity contribution in [1.29, 1.82) is 0 Å². The van der Waals surface area contributed by atoms with E-state index in [1.807, 2.05) is 13.1 Å². The Morgan fingerprint density at radius 3 is 2.57 bits per heavy atom. The highest BCUT2D eigenvalue weighted by atomic mass is 16.5. The molecule has 0 spiro atoms. The third kappa shape index (κ3) is 6.02. The van der Waals surface area contributed by atoms with Crippen molar-refractivity contribution in [2.75, 3.05) is 19.8 Å². The van der Waals surface area contributed by atoms with Gasteiger partial charge < -0.3 is 14.8 Å². The van der Waals surface area contributed by atoms with Crippen LogP contribution in [0.5, 0.6) is 5.75 Å². The smallest absolute Gasteiger partial charge is 0.137 e. The maximum absolute atomic E-state index is 5.89. The molecule has 0 amide bonds. The zero-order valence-corrected chi connectivity index (χ0v) is 13.9. The highest BCUT2D eigenvalue weighted by Gasteiger charge is 2.22. The Balaban J connectivity index is 2.89. The molecule has 4 heteroatoms. The van der Waals surface area contributed by atoms with Crippen LogP contribution in [0.3, 0.4) is 0 Å². The highest BCUT2D eigenvalue weighted by Crippen LogP contribution is 2.24. The fourth-order valence-electron chi connectivity index (χ4n) is 2.33. The first-order chi connectivity index (χ1) is 10.3. The normalized spacial score (nSPS) is 13.9. The van der Waals surface area contributed by atoms with Crippen LogP contribution in [0.1, 0.15) is 58.6 Å². The first kappa shape index (κ1) is 17.9. The predicted molar refractivity (Wildman–Crippen MR) is 86.8 cm³/mol. The van der Waals surface area contributed by atoms with Crippen LogP contribution in [0.2, 0.25) is 0 Å². The quantitative estimate of drug-likeness (QED) is 0.675. The van der Waals surface area contributed by atoms with E-state index in [-0.39, 0.29) is 12.1 Å². The van der Waals surface area contributed by atoms with Crippen molar-refractivity contribution in [2.45, 2.75) is 59.1 Å². The molecule has 21 heavy (non-hydrogen) atoms. The Kier molecular flexibility index (Phi) is 9.02. The molecule has 1 aromatic rings. The van der Waals surface area contributed by atoms with Crippen molar-refractivity contribution < 1.29 is 9.47 Å². The topological polar surface area (TPSA) is 43.4 Å². The second-order valence-corrected chi connectivity index (χ2v) is 5.14. The van der Waals surface area contributed by atoms with E-state index < -0.39 is 0 Å². The molecule has 0 aliphatic heterocycles. The standard InChI is InChI=1S/C17H30N2O2/c1-5-9-19-17(16(7-3)20-8-4)14-11-15(13-18-12-14)21-10-6-2/h11-13,16-17,19H,5-10H2,1-4H3. The highest BCUT2D eigenvalue weighted by molar-refractivity contribution is 5.27. The molecule has 0 radical (unpaired) electrons. The Hall–Kier alpha value is -1.13. The monoisotopic (exact) mass is 294 g/mol. The average molecular weight is 294 g/mol. The number of pyridine rings is 1. The van der Waals surface area contributed by atoms with Crippen LogP contribution in [0.15, 0.2) is 18.5 Å². The second kappa shape index (κ2) is 10.6. The summed E-state index contributed by atoms with van der Waals surface area (Å²) in [5.41, 5.74) is 1.14. The summed E-state index contributed by atoms with van der Waals surface area (Å²) in [5, 5.41) is 3.58. The molecular weight excluding hydrogens is 264 g/mol. The molecule has 0 fully saturated rings. The summed E-state index contributed by atoms with van der Waals surface area (Å²) in [6, 6.07) is 2.24. The lowest BCUT2D eigenvalue weighted by molar-refractivity contribution is 0.0313. The molecule has 0 aliphatic rings. The Bertz CT molecular complexity index is 385. The molecule has 0 saturated heterocycles. The molecule has 1 aromatic heterocycles.